The number of anilines is 1. The number of aliphatic hydroxyl groups excluding tert-OH is 2. The van der Waals surface area contributed by atoms with Gasteiger partial charge >= 0.3 is 0 Å². The van der Waals surface area contributed by atoms with Gasteiger partial charge in [-0.15, -0.1) is 0 Å². The molecule has 2 rings (SSSR count). The molecule has 4 N–H and O–H groups in total. The number of nitrogen functional groups attached to an aromatic ring is 1. The first kappa shape index (κ1) is 10.9. The molecule has 0 aliphatic heterocycles. The Kier molecular flexibility index (Phi) is 2.80. The monoisotopic (exact) mass is 221 g/mol. The van der Waals surface area contributed by atoms with E-state index >= 15 is 0 Å². The minimum atomic E-state index is -0.154. The molecule has 5 heteroatoms. The molecule has 1 heterocycles. The molecule has 0 saturated heterocycles. The fraction of sp³-hybridized carbons (Fsp3) is 0.364. The van der Waals surface area contributed by atoms with Crippen LogP contribution in [-0.4, -0.2) is 26.4 Å². The molecule has 0 aliphatic rings. The summed E-state index contributed by atoms with van der Waals surface area (Å²) < 4.78 is 1.83. The van der Waals surface area contributed by atoms with Crippen molar-refractivity contribution in [2.24, 2.45) is 0 Å². The average Bonchev–Trinajstić information content (AvgIpc) is 2.65. The molecule has 2 aromatic rings. The van der Waals surface area contributed by atoms with Crippen LogP contribution in [0.15, 0.2) is 18.2 Å². The molecule has 0 bridgehead atoms. The third-order valence-electron chi connectivity index (χ3n) is 2.63. The van der Waals surface area contributed by atoms with Crippen molar-refractivity contribution in [3.63, 3.8) is 0 Å². The molecule has 0 fully saturated rings. The van der Waals surface area contributed by atoms with Crippen molar-refractivity contribution in [2.45, 2.75) is 19.6 Å². The van der Waals surface area contributed by atoms with Crippen LogP contribution in [-0.2, 0) is 6.61 Å². The SMILES string of the molecule is CC(CO)n1c(CO)nc2cc(N)ccc21. The second kappa shape index (κ2) is 4.11. The summed E-state index contributed by atoms with van der Waals surface area (Å²) >= 11 is 0. The summed E-state index contributed by atoms with van der Waals surface area (Å²) in [6.45, 7) is 1.72. The van der Waals surface area contributed by atoms with Crippen LogP contribution < -0.4 is 5.73 Å². The van der Waals surface area contributed by atoms with Gasteiger partial charge in [-0.2, -0.15) is 0 Å². The number of hydrogen-bond donors (Lipinski definition) is 3. The molecule has 0 saturated carbocycles. The Morgan fingerprint density at radius 3 is 2.81 bits per heavy atom. The second-order valence-electron chi connectivity index (χ2n) is 3.84. The highest BCUT2D eigenvalue weighted by atomic mass is 16.3. The lowest BCUT2D eigenvalue weighted by Crippen LogP contribution is -2.12. The van der Waals surface area contributed by atoms with Gasteiger partial charge in [-0.25, -0.2) is 4.98 Å². The van der Waals surface area contributed by atoms with Gasteiger partial charge in [0.05, 0.1) is 23.7 Å². The zero-order valence-corrected chi connectivity index (χ0v) is 9.09. The number of aliphatic hydroxyl groups is 2. The maximum Gasteiger partial charge on any atom is 0.136 e. The standard InChI is InChI=1S/C11H15N3O2/c1-7(5-15)14-10-3-2-8(12)4-9(10)13-11(14)6-16/h2-4,7,15-16H,5-6,12H2,1H3. The lowest BCUT2D eigenvalue weighted by atomic mass is 10.2. The van der Waals surface area contributed by atoms with Crippen molar-refractivity contribution in [1.29, 1.82) is 0 Å². The molecular weight excluding hydrogens is 206 g/mol. The van der Waals surface area contributed by atoms with E-state index in [1.807, 2.05) is 17.6 Å². The van der Waals surface area contributed by atoms with Crippen molar-refractivity contribution >= 4 is 16.7 Å². The van der Waals surface area contributed by atoms with Crippen LogP contribution in [0.4, 0.5) is 5.69 Å². The minimum absolute atomic E-state index is 0.00281. The van der Waals surface area contributed by atoms with Gasteiger partial charge in [0.2, 0.25) is 0 Å². The van der Waals surface area contributed by atoms with E-state index in [0.717, 1.165) is 11.0 Å². The van der Waals surface area contributed by atoms with E-state index in [0.29, 0.717) is 11.5 Å². The second-order valence-corrected chi connectivity index (χ2v) is 3.84. The Bertz CT molecular complexity index is 507. The summed E-state index contributed by atoms with van der Waals surface area (Å²) in [4.78, 5) is 4.28. The lowest BCUT2D eigenvalue weighted by molar-refractivity contribution is 0.222. The summed E-state index contributed by atoms with van der Waals surface area (Å²) in [5, 5.41) is 18.4. The number of imidazole rings is 1. The minimum Gasteiger partial charge on any atom is -0.399 e. The van der Waals surface area contributed by atoms with E-state index in [9.17, 15) is 10.2 Å². The van der Waals surface area contributed by atoms with Crippen LogP contribution in [0.25, 0.3) is 11.0 Å². The number of nitrogens with two attached hydrogens (primary N) is 1. The van der Waals surface area contributed by atoms with Crippen molar-refractivity contribution in [3.05, 3.63) is 24.0 Å². The summed E-state index contributed by atoms with van der Waals surface area (Å²) in [7, 11) is 0. The molecule has 0 radical (unpaired) electrons. The van der Waals surface area contributed by atoms with Gasteiger partial charge in [-0.05, 0) is 25.1 Å². The Hall–Kier alpha value is -1.59. The zero-order chi connectivity index (χ0) is 11.7. The van der Waals surface area contributed by atoms with Gasteiger partial charge < -0.3 is 20.5 Å². The third-order valence-corrected chi connectivity index (χ3v) is 2.63. The normalized spacial score (nSPS) is 13.2. The first-order valence-corrected chi connectivity index (χ1v) is 5.15. The first-order valence-electron chi connectivity index (χ1n) is 5.15. The fourth-order valence-electron chi connectivity index (χ4n) is 1.85. The van der Waals surface area contributed by atoms with Crippen LogP contribution in [0.2, 0.25) is 0 Å². The highest BCUT2D eigenvalue weighted by molar-refractivity contribution is 5.79. The van der Waals surface area contributed by atoms with Crippen molar-refractivity contribution in [1.82, 2.24) is 9.55 Å². The Balaban J connectivity index is 2.68. The first-order chi connectivity index (χ1) is 7.67. The maximum absolute atomic E-state index is 9.24. The summed E-state index contributed by atoms with van der Waals surface area (Å²) in [5.74, 6) is 0.544. The van der Waals surface area contributed by atoms with Gasteiger partial charge in [0.1, 0.15) is 12.4 Å². The molecule has 5 nitrogen and oxygen atoms in total. The highest BCUT2D eigenvalue weighted by Gasteiger charge is 2.14. The molecular formula is C11H15N3O2. The Morgan fingerprint density at radius 2 is 2.19 bits per heavy atom. The largest absolute Gasteiger partial charge is 0.399 e. The smallest absolute Gasteiger partial charge is 0.136 e. The predicted molar refractivity (Wildman–Crippen MR) is 61.9 cm³/mol. The molecule has 86 valence electrons. The Morgan fingerprint density at radius 1 is 1.44 bits per heavy atom. The molecule has 1 atom stereocenters. The van der Waals surface area contributed by atoms with Crippen molar-refractivity contribution in [3.8, 4) is 0 Å². The van der Waals surface area contributed by atoms with Crippen molar-refractivity contribution < 1.29 is 10.2 Å². The zero-order valence-electron chi connectivity index (χ0n) is 9.09. The number of nitrogens with zero attached hydrogens (tertiary/aromatic N) is 2. The number of rotatable bonds is 3. The van der Waals surface area contributed by atoms with Crippen LogP contribution in [0, 0.1) is 0 Å². The number of benzene rings is 1. The van der Waals surface area contributed by atoms with E-state index in [2.05, 4.69) is 4.98 Å². The van der Waals surface area contributed by atoms with Crippen LogP contribution in [0.5, 0.6) is 0 Å². The Labute approximate surface area is 93.1 Å². The third kappa shape index (κ3) is 1.64. The van der Waals surface area contributed by atoms with Gasteiger partial charge in [-0.1, -0.05) is 0 Å². The number of aromatic nitrogens is 2. The number of hydrogen-bond acceptors (Lipinski definition) is 4. The summed E-state index contributed by atoms with van der Waals surface area (Å²) in [5.41, 5.74) is 7.92. The number of fused-ring (bicyclic) bond motifs is 1. The van der Waals surface area contributed by atoms with E-state index in [1.165, 1.54) is 0 Å². The molecule has 0 amide bonds. The van der Waals surface area contributed by atoms with Gasteiger partial charge in [0.15, 0.2) is 0 Å². The van der Waals surface area contributed by atoms with Gasteiger partial charge in [0.25, 0.3) is 0 Å². The molecule has 16 heavy (non-hydrogen) atoms. The van der Waals surface area contributed by atoms with Crippen LogP contribution in [0.3, 0.4) is 0 Å². The van der Waals surface area contributed by atoms with Crippen molar-refractivity contribution in [2.75, 3.05) is 12.3 Å². The summed E-state index contributed by atoms with van der Waals surface area (Å²) in [6.07, 6.45) is 0. The van der Waals surface area contributed by atoms with E-state index in [1.54, 1.807) is 12.1 Å². The molecule has 1 aromatic heterocycles. The maximum atomic E-state index is 9.24. The highest BCUT2D eigenvalue weighted by Crippen LogP contribution is 2.22. The van der Waals surface area contributed by atoms with Crippen LogP contribution in [0.1, 0.15) is 18.8 Å². The lowest BCUT2D eigenvalue weighted by Gasteiger charge is -2.13. The van der Waals surface area contributed by atoms with Gasteiger partial charge in [0, 0.05) is 5.69 Å². The van der Waals surface area contributed by atoms with E-state index < -0.39 is 0 Å². The average molecular weight is 221 g/mol. The van der Waals surface area contributed by atoms with E-state index in [-0.39, 0.29) is 19.3 Å². The molecule has 0 spiro atoms. The molecule has 1 aromatic carbocycles. The summed E-state index contributed by atoms with van der Waals surface area (Å²) in [6, 6.07) is 5.28. The van der Waals surface area contributed by atoms with Crippen LogP contribution >= 0.6 is 0 Å². The molecule has 0 aliphatic carbocycles. The quantitative estimate of drug-likeness (QED) is 0.665. The topological polar surface area (TPSA) is 84.3 Å². The predicted octanol–water partition coefficient (Wildman–Crippen LogP) is 0.664. The van der Waals surface area contributed by atoms with Gasteiger partial charge in [-0.3, -0.25) is 0 Å². The van der Waals surface area contributed by atoms with E-state index in [4.69, 9.17) is 5.73 Å². The fourth-order valence-corrected chi connectivity index (χ4v) is 1.85. The molecule has 1 unspecified atom stereocenters.